The molecule has 0 bridgehead atoms. The molecule has 0 N–H and O–H groups in total. The number of hydrogen-bond donors (Lipinski definition) is 0. The molecule has 0 radical (unpaired) electrons. The average Bonchev–Trinajstić information content (AvgIpc) is 2.49. The summed E-state index contributed by atoms with van der Waals surface area (Å²) in [6, 6.07) is 23.8. The topological polar surface area (TPSA) is 0 Å². The highest BCUT2D eigenvalue weighted by Gasteiger charge is 2.46. The Morgan fingerprint density at radius 2 is 1.24 bits per heavy atom. The average molecular weight is 408 g/mol. The van der Waals surface area contributed by atoms with Gasteiger partial charge in [0, 0.05) is 0 Å². The van der Waals surface area contributed by atoms with Crippen LogP contribution in [0.4, 0.5) is 0 Å². The van der Waals surface area contributed by atoms with Crippen LogP contribution in [0.3, 0.4) is 0 Å². The van der Waals surface area contributed by atoms with Gasteiger partial charge in [-0.3, -0.25) is 0 Å². The largest absolute Gasteiger partial charge is 0.123 e. The van der Waals surface area contributed by atoms with E-state index in [0.717, 1.165) is 0 Å². The van der Waals surface area contributed by atoms with Crippen molar-refractivity contribution in [1.29, 1.82) is 0 Å². The van der Waals surface area contributed by atoms with Gasteiger partial charge < -0.3 is 0 Å². The molecule has 2 aromatic rings. The quantitative estimate of drug-likeness (QED) is 0.376. The van der Waals surface area contributed by atoms with Crippen LogP contribution >= 0.6 is 22.6 Å². The molecular formula is C19H25ISi. The second-order valence-electron chi connectivity index (χ2n) is 6.68. The van der Waals surface area contributed by atoms with Crippen LogP contribution in [0, 0.1) is 0 Å². The SMILES string of the molecule is CC(C)(C)[Si](CCCI)(c1ccccc1)c1ccccc1. The van der Waals surface area contributed by atoms with E-state index in [0.29, 0.717) is 5.04 Å². The van der Waals surface area contributed by atoms with E-state index in [2.05, 4.69) is 104 Å². The molecule has 0 spiro atoms. The zero-order valence-corrected chi connectivity index (χ0v) is 16.4. The van der Waals surface area contributed by atoms with Crippen LogP contribution in [0.1, 0.15) is 27.2 Å². The minimum absolute atomic E-state index is 0.307. The highest BCUT2D eigenvalue weighted by atomic mass is 127. The Morgan fingerprint density at radius 1 is 0.810 bits per heavy atom. The number of benzene rings is 2. The summed E-state index contributed by atoms with van der Waals surface area (Å²) in [5, 5.41) is 3.46. The van der Waals surface area contributed by atoms with Crippen molar-refractivity contribution >= 4 is 41.0 Å². The summed E-state index contributed by atoms with van der Waals surface area (Å²) in [7, 11) is -1.78. The minimum Gasteiger partial charge on any atom is -0.0864 e. The van der Waals surface area contributed by atoms with E-state index in [1.807, 2.05) is 0 Å². The molecule has 0 saturated heterocycles. The molecule has 0 heterocycles. The van der Waals surface area contributed by atoms with Crippen molar-refractivity contribution in [2.24, 2.45) is 0 Å². The summed E-state index contributed by atoms with van der Waals surface area (Å²) in [6.45, 7) is 7.31. The van der Waals surface area contributed by atoms with Gasteiger partial charge in [-0.2, -0.15) is 0 Å². The molecule has 0 fully saturated rings. The van der Waals surface area contributed by atoms with Gasteiger partial charge in [-0.1, -0.05) is 114 Å². The van der Waals surface area contributed by atoms with Crippen molar-refractivity contribution in [3.8, 4) is 0 Å². The molecule has 0 nitrogen and oxygen atoms in total. The van der Waals surface area contributed by atoms with Gasteiger partial charge in [-0.25, -0.2) is 0 Å². The Labute approximate surface area is 144 Å². The molecule has 21 heavy (non-hydrogen) atoms. The molecule has 0 saturated carbocycles. The van der Waals surface area contributed by atoms with E-state index < -0.39 is 8.07 Å². The van der Waals surface area contributed by atoms with Crippen molar-refractivity contribution in [2.45, 2.75) is 38.3 Å². The van der Waals surface area contributed by atoms with E-state index in [1.165, 1.54) is 16.9 Å². The van der Waals surface area contributed by atoms with Gasteiger partial charge in [-0.15, -0.1) is 0 Å². The fraction of sp³-hybridized carbons (Fsp3) is 0.368. The molecule has 0 amide bonds. The van der Waals surface area contributed by atoms with Gasteiger partial charge in [0.05, 0.1) is 0 Å². The number of hydrogen-bond acceptors (Lipinski definition) is 0. The lowest BCUT2D eigenvalue weighted by Crippen LogP contribution is -2.64. The van der Waals surface area contributed by atoms with Gasteiger partial charge in [0.2, 0.25) is 0 Å². The summed E-state index contributed by atoms with van der Waals surface area (Å²) in [5.41, 5.74) is 0. The van der Waals surface area contributed by atoms with Crippen molar-refractivity contribution in [3.05, 3.63) is 60.7 Å². The summed E-state index contributed by atoms with van der Waals surface area (Å²) >= 11 is 2.52. The highest BCUT2D eigenvalue weighted by molar-refractivity contribution is 14.1. The lowest BCUT2D eigenvalue weighted by atomic mass is 10.2. The monoisotopic (exact) mass is 408 g/mol. The third-order valence-corrected chi connectivity index (χ3v) is 11.6. The third kappa shape index (κ3) is 3.42. The van der Waals surface area contributed by atoms with E-state index in [9.17, 15) is 0 Å². The van der Waals surface area contributed by atoms with Crippen LogP contribution in [0.25, 0.3) is 0 Å². The lowest BCUT2D eigenvalue weighted by molar-refractivity contribution is 0.722. The molecule has 0 unspecified atom stereocenters. The van der Waals surface area contributed by atoms with E-state index >= 15 is 0 Å². The van der Waals surface area contributed by atoms with Crippen LogP contribution in [0.15, 0.2) is 60.7 Å². The van der Waals surface area contributed by atoms with Crippen LogP contribution in [0.2, 0.25) is 11.1 Å². The summed E-state index contributed by atoms with van der Waals surface area (Å²) < 4.78 is 1.24. The molecule has 2 aromatic carbocycles. The Kier molecular flexibility index (Phi) is 5.66. The zero-order valence-electron chi connectivity index (χ0n) is 13.3. The van der Waals surface area contributed by atoms with Crippen molar-refractivity contribution < 1.29 is 0 Å². The number of alkyl halides is 1. The van der Waals surface area contributed by atoms with E-state index in [1.54, 1.807) is 10.4 Å². The van der Waals surface area contributed by atoms with Crippen molar-refractivity contribution in [2.75, 3.05) is 4.43 Å². The normalized spacial score (nSPS) is 12.4. The minimum atomic E-state index is -1.78. The van der Waals surface area contributed by atoms with Gasteiger partial charge in [0.25, 0.3) is 0 Å². The molecule has 0 aliphatic rings. The number of halogens is 1. The highest BCUT2D eigenvalue weighted by Crippen LogP contribution is 2.39. The Balaban J connectivity index is 2.66. The molecule has 0 atom stereocenters. The Morgan fingerprint density at radius 3 is 1.57 bits per heavy atom. The van der Waals surface area contributed by atoms with E-state index in [4.69, 9.17) is 0 Å². The van der Waals surface area contributed by atoms with Gasteiger partial charge in [0.1, 0.15) is 8.07 Å². The van der Waals surface area contributed by atoms with Crippen LogP contribution in [-0.4, -0.2) is 12.5 Å². The first-order chi connectivity index (χ1) is 10.0. The Bertz CT molecular complexity index is 503. The van der Waals surface area contributed by atoms with Crippen LogP contribution in [-0.2, 0) is 0 Å². The first-order valence-electron chi connectivity index (χ1n) is 7.69. The fourth-order valence-corrected chi connectivity index (χ4v) is 10.2. The van der Waals surface area contributed by atoms with Crippen LogP contribution < -0.4 is 10.4 Å². The second kappa shape index (κ2) is 7.10. The maximum Gasteiger partial charge on any atom is 0.123 e. The van der Waals surface area contributed by atoms with Gasteiger partial charge >= 0.3 is 0 Å². The van der Waals surface area contributed by atoms with Gasteiger partial charge in [0.15, 0.2) is 0 Å². The fourth-order valence-electron chi connectivity index (χ4n) is 3.47. The first kappa shape index (κ1) is 16.8. The molecule has 112 valence electrons. The maximum atomic E-state index is 2.52. The Hall–Kier alpha value is -0.613. The zero-order chi connectivity index (χ0) is 15.3. The molecule has 0 aromatic heterocycles. The molecule has 2 rings (SSSR count). The lowest BCUT2D eigenvalue weighted by Gasteiger charge is -2.44. The van der Waals surface area contributed by atoms with Gasteiger partial charge in [-0.05, 0) is 21.9 Å². The van der Waals surface area contributed by atoms with Crippen LogP contribution in [0.5, 0.6) is 0 Å². The molecule has 0 aliphatic carbocycles. The summed E-state index contributed by atoms with van der Waals surface area (Å²) in [5.74, 6) is 0. The molecule has 2 heteroatoms. The van der Waals surface area contributed by atoms with Crippen molar-refractivity contribution in [1.82, 2.24) is 0 Å². The predicted molar refractivity (Wildman–Crippen MR) is 106 cm³/mol. The third-order valence-electron chi connectivity index (χ3n) is 4.50. The summed E-state index contributed by atoms with van der Waals surface area (Å²) in [4.78, 5) is 0. The van der Waals surface area contributed by atoms with Crippen molar-refractivity contribution in [3.63, 3.8) is 0 Å². The standard InChI is InChI=1S/C19H25ISi/c1-19(2,3)21(16-10-15-20,17-11-6-4-7-12-17)18-13-8-5-9-14-18/h4-9,11-14H,10,15-16H2,1-3H3. The maximum absolute atomic E-state index is 2.52. The second-order valence-corrected chi connectivity index (χ2v) is 12.7. The predicted octanol–water partition coefficient (Wildman–Crippen LogP) is 4.87. The first-order valence-corrected chi connectivity index (χ1v) is 11.4. The molecular weight excluding hydrogens is 383 g/mol. The number of rotatable bonds is 5. The molecule has 0 aliphatic heterocycles. The summed E-state index contributed by atoms with van der Waals surface area (Å²) in [6.07, 6.45) is 1.30. The van der Waals surface area contributed by atoms with E-state index in [-0.39, 0.29) is 0 Å². The smallest absolute Gasteiger partial charge is 0.0864 e.